The third-order valence-corrected chi connectivity index (χ3v) is 11.7. The first-order chi connectivity index (χ1) is 27.9. The average Bonchev–Trinajstić information content (AvgIpc) is 3.72. The van der Waals surface area contributed by atoms with Gasteiger partial charge in [0.2, 0.25) is 0 Å². The van der Waals surface area contributed by atoms with E-state index < -0.39 is 0 Å². The number of amidine groups is 1. The van der Waals surface area contributed by atoms with E-state index in [2.05, 4.69) is 205 Å². The van der Waals surface area contributed by atoms with E-state index in [1.807, 2.05) is 12.1 Å². The fraction of sp³-hybridized carbons (Fsp3) is 0.0755. The SMILES string of the molecule is CC1(C)c2ccccc2-c2ccc(-c3cccc(-c4cccc5c6ccccc6n(-c6cccc(/C(N)=N/NCc7ccc(-c8ccccc8)cc7)c6)c45)c3)cc21. The Morgan fingerprint density at radius 3 is 2.04 bits per heavy atom. The highest BCUT2D eigenvalue weighted by atomic mass is 15.3. The molecular weight excluding hydrogens is 693 g/mol. The van der Waals surface area contributed by atoms with E-state index in [0.29, 0.717) is 12.4 Å². The number of hydrazone groups is 1. The lowest BCUT2D eigenvalue weighted by Gasteiger charge is -2.22. The Kier molecular flexibility index (Phi) is 8.34. The zero-order valence-corrected chi connectivity index (χ0v) is 32.1. The van der Waals surface area contributed by atoms with Crippen molar-refractivity contribution in [1.82, 2.24) is 9.99 Å². The van der Waals surface area contributed by atoms with Gasteiger partial charge in [-0.15, -0.1) is 0 Å². The maximum atomic E-state index is 6.65. The van der Waals surface area contributed by atoms with Gasteiger partial charge in [0.05, 0.1) is 17.6 Å². The molecule has 0 aliphatic heterocycles. The molecule has 0 spiro atoms. The van der Waals surface area contributed by atoms with Crippen LogP contribution in [0.25, 0.3) is 72.0 Å². The minimum Gasteiger partial charge on any atom is -0.382 e. The average molecular weight is 735 g/mol. The van der Waals surface area contributed by atoms with Crippen molar-refractivity contribution in [3.63, 3.8) is 0 Å². The fourth-order valence-corrected chi connectivity index (χ4v) is 8.80. The van der Waals surface area contributed by atoms with Crippen LogP contribution in [0.4, 0.5) is 0 Å². The van der Waals surface area contributed by atoms with Crippen molar-refractivity contribution >= 4 is 27.6 Å². The predicted octanol–water partition coefficient (Wildman–Crippen LogP) is 12.5. The zero-order valence-electron chi connectivity index (χ0n) is 32.1. The summed E-state index contributed by atoms with van der Waals surface area (Å²) >= 11 is 0. The number of nitrogens with zero attached hydrogens (tertiary/aromatic N) is 2. The Hall–Kier alpha value is -7.17. The molecule has 1 aliphatic carbocycles. The quantitative estimate of drug-likeness (QED) is 0.0928. The topological polar surface area (TPSA) is 55.3 Å². The van der Waals surface area contributed by atoms with E-state index in [4.69, 9.17) is 5.73 Å². The largest absolute Gasteiger partial charge is 0.382 e. The molecule has 274 valence electrons. The predicted molar refractivity (Wildman–Crippen MR) is 239 cm³/mol. The third kappa shape index (κ3) is 5.98. The second kappa shape index (κ2) is 13.8. The Balaban J connectivity index is 0.994. The molecular formula is C53H42N4. The third-order valence-electron chi connectivity index (χ3n) is 11.7. The molecule has 0 bridgehead atoms. The first kappa shape index (κ1) is 34.3. The lowest BCUT2D eigenvalue weighted by atomic mass is 9.81. The van der Waals surface area contributed by atoms with Crippen LogP contribution in [-0.4, -0.2) is 10.4 Å². The molecule has 0 unspecified atom stereocenters. The van der Waals surface area contributed by atoms with Gasteiger partial charge in [-0.3, -0.25) is 0 Å². The van der Waals surface area contributed by atoms with Crippen molar-refractivity contribution in [2.45, 2.75) is 25.8 Å². The molecule has 4 nitrogen and oxygen atoms in total. The van der Waals surface area contributed by atoms with Gasteiger partial charge in [0, 0.05) is 33.0 Å². The van der Waals surface area contributed by atoms with E-state index in [1.165, 1.54) is 66.4 Å². The Labute approximate surface area is 333 Å². The van der Waals surface area contributed by atoms with E-state index in [0.717, 1.165) is 27.8 Å². The van der Waals surface area contributed by atoms with E-state index in [-0.39, 0.29) is 5.41 Å². The van der Waals surface area contributed by atoms with Gasteiger partial charge in [0.1, 0.15) is 0 Å². The zero-order chi connectivity index (χ0) is 38.5. The standard InChI is InChI=1S/C53H42N4/c1-53(2)48-23-8-6-19-44(48)45-30-29-39(33-49(45)53)38-15-10-16-40(31-38)43-21-12-22-47-46-20-7-9-24-50(46)57(51(43)47)42-18-11-17-41(32-42)52(54)56-55-34-35-25-27-37(28-26-35)36-13-4-3-5-14-36/h3-33,55H,34H2,1-2H3,(H2,54,56). The summed E-state index contributed by atoms with van der Waals surface area (Å²) in [5.74, 6) is 0.437. The first-order valence-corrected chi connectivity index (χ1v) is 19.6. The van der Waals surface area contributed by atoms with Gasteiger partial charge in [-0.1, -0.05) is 172 Å². The number of nitrogens with two attached hydrogens (primary N) is 1. The van der Waals surface area contributed by atoms with Crippen LogP contribution in [0, 0.1) is 0 Å². The Morgan fingerprint density at radius 1 is 0.526 bits per heavy atom. The second-order valence-electron chi connectivity index (χ2n) is 15.5. The molecule has 0 atom stereocenters. The summed E-state index contributed by atoms with van der Waals surface area (Å²) in [6.45, 7) is 5.25. The van der Waals surface area contributed by atoms with Gasteiger partial charge in [0.25, 0.3) is 0 Å². The molecule has 0 radical (unpaired) electrons. The smallest absolute Gasteiger partial charge is 0.150 e. The molecule has 10 rings (SSSR count). The summed E-state index contributed by atoms with van der Waals surface area (Å²) in [5.41, 5.74) is 27.7. The molecule has 1 aliphatic rings. The number of hydrogen-bond acceptors (Lipinski definition) is 2. The molecule has 9 aromatic rings. The van der Waals surface area contributed by atoms with Gasteiger partial charge < -0.3 is 15.7 Å². The van der Waals surface area contributed by atoms with Crippen LogP contribution in [-0.2, 0) is 12.0 Å². The van der Waals surface area contributed by atoms with E-state index in [1.54, 1.807) is 0 Å². The lowest BCUT2D eigenvalue weighted by Crippen LogP contribution is -2.19. The van der Waals surface area contributed by atoms with Crippen molar-refractivity contribution in [3.05, 3.63) is 210 Å². The highest BCUT2D eigenvalue weighted by molar-refractivity contribution is 6.14. The summed E-state index contributed by atoms with van der Waals surface area (Å²) in [4.78, 5) is 0. The summed E-state index contributed by atoms with van der Waals surface area (Å²) in [5, 5.41) is 7.01. The van der Waals surface area contributed by atoms with Crippen LogP contribution in [0.15, 0.2) is 193 Å². The van der Waals surface area contributed by atoms with Crippen molar-refractivity contribution in [2.24, 2.45) is 10.8 Å². The molecule has 0 saturated carbocycles. The first-order valence-electron chi connectivity index (χ1n) is 19.6. The summed E-state index contributed by atoms with van der Waals surface area (Å²) in [6, 6.07) is 67.5. The van der Waals surface area contributed by atoms with Crippen LogP contribution in [0.5, 0.6) is 0 Å². The number of rotatable bonds is 8. The number of nitrogens with one attached hydrogen (secondary N) is 1. The van der Waals surface area contributed by atoms with Gasteiger partial charge in [0.15, 0.2) is 5.84 Å². The molecule has 1 aromatic heterocycles. The number of aromatic nitrogens is 1. The summed E-state index contributed by atoms with van der Waals surface area (Å²) < 4.78 is 2.38. The minimum absolute atomic E-state index is 0.0557. The van der Waals surface area contributed by atoms with Gasteiger partial charge in [-0.2, -0.15) is 5.10 Å². The lowest BCUT2D eigenvalue weighted by molar-refractivity contribution is 0.660. The normalized spacial score (nSPS) is 13.1. The van der Waals surface area contributed by atoms with Crippen LogP contribution < -0.4 is 11.2 Å². The van der Waals surface area contributed by atoms with Gasteiger partial charge in [-0.05, 0) is 86.0 Å². The van der Waals surface area contributed by atoms with Crippen molar-refractivity contribution in [2.75, 3.05) is 0 Å². The number of benzene rings is 8. The Morgan fingerprint density at radius 2 is 1.16 bits per heavy atom. The Bertz CT molecular complexity index is 2990. The number of para-hydroxylation sites is 2. The molecule has 57 heavy (non-hydrogen) atoms. The maximum absolute atomic E-state index is 6.65. The van der Waals surface area contributed by atoms with Gasteiger partial charge >= 0.3 is 0 Å². The van der Waals surface area contributed by atoms with Crippen molar-refractivity contribution < 1.29 is 0 Å². The van der Waals surface area contributed by atoms with E-state index in [9.17, 15) is 0 Å². The molecule has 3 N–H and O–H groups in total. The number of fused-ring (bicyclic) bond motifs is 6. The highest BCUT2D eigenvalue weighted by Crippen LogP contribution is 2.49. The maximum Gasteiger partial charge on any atom is 0.150 e. The van der Waals surface area contributed by atoms with Crippen molar-refractivity contribution in [3.8, 4) is 50.2 Å². The second-order valence-corrected chi connectivity index (χ2v) is 15.5. The fourth-order valence-electron chi connectivity index (χ4n) is 8.80. The van der Waals surface area contributed by atoms with Gasteiger partial charge in [-0.25, -0.2) is 0 Å². The molecule has 0 fully saturated rings. The molecule has 0 amide bonds. The molecule has 4 heteroatoms. The van der Waals surface area contributed by atoms with E-state index >= 15 is 0 Å². The monoisotopic (exact) mass is 734 g/mol. The van der Waals surface area contributed by atoms with Crippen LogP contribution in [0.1, 0.15) is 36.1 Å². The van der Waals surface area contributed by atoms with Crippen LogP contribution in [0.2, 0.25) is 0 Å². The molecule has 0 saturated heterocycles. The number of hydrogen-bond donors (Lipinski definition) is 2. The summed E-state index contributed by atoms with van der Waals surface area (Å²) in [6.07, 6.45) is 0. The van der Waals surface area contributed by atoms with Crippen LogP contribution in [0.3, 0.4) is 0 Å². The van der Waals surface area contributed by atoms with Crippen LogP contribution >= 0.6 is 0 Å². The highest BCUT2D eigenvalue weighted by Gasteiger charge is 2.35. The minimum atomic E-state index is -0.0557. The summed E-state index contributed by atoms with van der Waals surface area (Å²) in [7, 11) is 0. The molecule has 1 heterocycles. The van der Waals surface area contributed by atoms with Crippen molar-refractivity contribution in [1.29, 1.82) is 0 Å². The molecule has 8 aromatic carbocycles.